The van der Waals surface area contributed by atoms with E-state index in [1.165, 1.54) is 11.8 Å². The quantitative estimate of drug-likeness (QED) is 0.665. The van der Waals surface area contributed by atoms with E-state index >= 15 is 0 Å². The predicted molar refractivity (Wildman–Crippen MR) is 83.4 cm³/mol. The number of aliphatic hydroxyl groups is 1. The lowest BCUT2D eigenvalue weighted by Gasteiger charge is -2.22. The molecule has 0 aliphatic rings. The highest BCUT2D eigenvalue weighted by molar-refractivity contribution is 7.98. The molecule has 112 valence electrons. The number of hydrogen-bond donors (Lipinski definition) is 3. The van der Waals surface area contributed by atoms with Gasteiger partial charge in [0.25, 0.3) is 5.91 Å². The number of carbonyl (C=O) groups excluding carboxylic acids is 1. The number of nitrogens with one attached hydrogen (secondary N) is 1. The van der Waals surface area contributed by atoms with Gasteiger partial charge in [-0.1, -0.05) is 0 Å². The molecular weight excluding hydrogens is 276 g/mol. The first-order valence-corrected chi connectivity index (χ1v) is 7.81. The zero-order valence-corrected chi connectivity index (χ0v) is 12.9. The van der Waals surface area contributed by atoms with Gasteiger partial charge < -0.3 is 20.9 Å². The molecule has 0 saturated carbocycles. The van der Waals surface area contributed by atoms with E-state index in [0.717, 1.165) is 0 Å². The standard InChI is InChI=1S/C14H22N2O3S/c1-4-19-12-6-5-10(7-11(12)15)13(17)16-8-14(2,18)9-20-3/h5-7,18H,4,8-9,15H2,1-3H3,(H,16,17). The van der Waals surface area contributed by atoms with Crippen LogP contribution in [0.25, 0.3) is 0 Å². The summed E-state index contributed by atoms with van der Waals surface area (Å²) < 4.78 is 5.32. The number of rotatable bonds is 7. The zero-order valence-electron chi connectivity index (χ0n) is 12.1. The van der Waals surface area contributed by atoms with Crippen LogP contribution in [-0.2, 0) is 0 Å². The fourth-order valence-corrected chi connectivity index (χ4v) is 2.44. The van der Waals surface area contributed by atoms with Crippen LogP contribution in [0.5, 0.6) is 5.75 Å². The van der Waals surface area contributed by atoms with Crippen LogP contribution in [0.4, 0.5) is 5.69 Å². The predicted octanol–water partition coefficient (Wildman–Crippen LogP) is 1.51. The molecule has 5 nitrogen and oxygen atoms in total. The van der Waals surface area contributed by atoms with Crippen LogP contribution in [0, 0.1) is 0 Å². The van der Waals surface area contributed by atoms with Crippen molar-refractivity contribution in [3.63, 3.8) is 0 Å². The Balaban J connectivity index is 2.66. The molecule has 1 rings (SSSR count). The third-order valence-corrected chi connectivity index (χ3v) is 3.57. The highest BCUT2D eigenvalue weighted by Crippen LogP contribution is 2.22. The Labute approximate surface area is 123 Å². The monoisotopic (exact) mass is 298 g/mol. The van der Waals surface area contributed by atoms with E-state index in [4.69, 9.17) is 10.5 Å². The maximum absolute atomic E-state index is 12.0. The van der Waals surface area contributed by atoms with Crippen molar-refractivity contribution in [3.05, 3.63) is 23.8 Å². The summed E-state index contributed by atoms with van der Waals surface area (Å²) in [7, 11) is 0. The Kier molecular flexibility index (Phi) is 6.16. The molecule has 4 N–H and O–H groups in total. The second kappa shape index (κ2) is 7.40. The molecule has 0 saturated heterocycles. The molecule has 0 aliphatic heterocycles. The van der Waals surface area contributed by atoms with E-state index in [-0.39, 0.29) is 12.5 Å². The topological polar surface area (TPSA) is 84.6 Å². The molecule has 20 heavy (non-hydrogen) atoms. The first-order valence-electron chi connectivity index (χ1n) is 6.41. The van der Waals surface area contributed by atoms with Gasteiger partial charge in [-0.3, -0.25) is 4.79 Å². The van der Waals surface area contributed by atoms with Gasteiger partial charge in [-0.25, -0.2) is 0 Å². The normalized spacial score (nSPS) is 13.6. The van der Waals surface area contributed by atoms with Gasteiger partial charge in [0, 0.05) is 17.9 Å². The number of hydrogen-bond acceptors (Lipinski definition) is 5. The van der Waals surface area contributed by atoms with Crippen molar-refractivity contribution < 1.29 is 14.6 Å². The first-order chi connectivity index (χ1) is 9.39. The maximum atomic E-state index is 12.0. The summed E-state index contributed by atoms with van der Waals surface area (Å²) in [6.45, 7) is 4.28. The number of nitrogens with two attached hydrogens (primary N) is 1. The summed E-state index contributed by atoms with van der Waals surface area (Å²) in [5.41, 5.74) is 5.77. The number of carbonyl (C=O) groups is 1. The van der Waals surface area contributed by atoms with Crippen molar-refractivity contribution in [2.45, 2.75) is 19.4 Å². The van der Waals surface area contributed by atoms with E-state index in [0.29, 0.717) is 29.4 Å². The molecule has 0 aromatic heterocycles. The molecule has 0 radical (unpaired) electrons. The summed E-state index contributed by atoms with van der Waals surface area (Å²) in [6, 6.07) is 4.90. The minimum atomic E-state index is -0.925. The minimum Gasteiger partial charge on any atom is -0.492 e. The number of ether oxygens (including phenoxy) is 1. The zero-order chi connectivity index (χ0) is 15.2. The van der Waals surface area contributed by atoms with Gasteiger partial charge in [0.2, 0.25) is 0 Å². The number of amides is 1. The fourth-order valence-electron chi connectivity index (χ4n) is 1.71. The summed E-state index contributed by atoms with van der Waals surface area (Å²) in [4.78, 5) is 12.0. The SMILES string of the molecule is CCOc1ccc(C(=O)NCC(C)(O)CSC)cc1N. The van der Waals surface area contributed by atoms with Gasteiger partial charge in [0.15, 0.2) is 0 Å². The Morgan fingerprint density at radius 2 is 2.25 bits per heavy atom. The Morgan fingerprint density at radius 3 is 2.80 bits per heavy atom. The Bertz CT molecular complexity index is 464. The van der Waals surface area contributed by atoms with Gasteiger partial charge in [-0.15, -0.1) is 0 Å². The highest BCUT2D eigenvalue weighted by atomic mass is 32.2. The molecule has 1 aromatic carbocycles. The molecule has 0 heterocycles. The molecule has 1 aromatic rings. The molecule has 1 atom stereocenters. The van der Waals surface area contributed by atoms with Crippen molar-refractivity contribution in [2.75, 3.05) is 30.9 Å². The fraction of sp³-hybridized carbons (Fsp3) is 0.500. The van der Waals surface area contributed by atoms with E-state index in [9.17, 15) is 9.90 Å². The van der Waals surface area contributed by atoms with Crippen molar-refractivity contribution in [1.29, 1.82) is 0 Å². The summed E-state index contributed by atoms with van der Waals surface area (Å²) >= 11 is 1.53. The number of anilines is 1. The molecular formula is C14H22N2O3S. The van der Waals surface area contributed by atoms with Gasteiger partial charge in [0.05, 0.1) is 17.9 Å². The Hall–Kier alpha value is -1.40. The van der Waals surface area contributed by atoms with Crippen molar-refractivity contribution in [2.24, 2.45) is 0 Å². The van der Waals surface area contributed by atoms with Crippen LogP contribution < -0.4 is 15.8 Å². The van der Waals surface area contributed by atoms with E-state index in [1.807, 2.05) is 13.2 Å². The largest absolute Gasteiger partial charge is 0.492 e. The molecule has 1 unspecified atom stereocenters. The average molecular weight is 298 g/mol. The van der Waals surface area contributed by atoms with Crippen molar-refractivity contribution >= 4 is 23.4 Å². The summed E-state index contributed by atoms with van der Waals surface area (Å²) in [5, 5.41) is 12.7. The van der Waals surface area contributed by atoms with Crippen LogP contribution in [0.15, 0.2) is 18.2 Å². The van der Waals surface area contributed by atoms with E-state index in [1.54, 1.807) is 25.1 Å². The van der Waals surface area contributed by atoms with E-state index < -0.39 is 5.60 Å². The maximum Gasteiger partial charge on any atom is 0.251 e. The third-order valence-electron chi connectivity index (χ3n) is 2.66. The smallest absolute Gasteiger partial charge is 0.251 e. The first kappa shape index (κ1) is 16.7. The molecule has 1 amide bonds. The second-order valence-electron chi connectivity index (χ2n) is 4.80. The summed E-state index contributed by atoms with van der Waals surface area (Å²) in [5.74, 6) is 0.859. The number of thioether (sulfide) groups is 1. The highest BCUT2D eigenvalue weighted by Gasteiger charge is 2.21. The van der Waals surface area contributed by atoms with Crippen LogP contribution in [0.3, 0.4) is 0 Å². The lowest BCUT2D eigenvalue weighted by atomic mass is 10.1. The van der Waals surface area contributed by atoms with Gasteiger partial charge in [-0.05, 0) is 38.3 Å². The minimum absolute atomic E-state index is 0.194. The van der Waals surface area contributed by atoms with Crippen molar-refractivity contribution in [1.82, 2.24) is 5.32 Å². The molecule has 0 bridgehead atoms. The number of nitrogen functional groups attached to an aromatic ring is 1. The molecule has 0 aliphatic carbocycles. The molecule has 0 spiro atoms. The number of benzene rings is 1. The lowest BCUT2D eigenvalue weighted by Crippen LogP contribution is -2.42. The van der Waals surface area contributed by atoms with Crippen LogP contribution in [0.2, 0.25) is 0 Å². The Morgan fingerprint density at radius 1 is 1.55 bits per heavy atom. The van der Waals surface area contributed by atoms with Gasteiger partial charge >= 0.3 is 0 Å². The molecule has 0 fully saturated rings. The average Bonchev–Trinajstić information content (AvgIpc) is 2.38. The van der Waals surface area contributed by atoms with Gasteiger partial charge in [-0.2, -0.15) is 11.8 Å². The summed E-state index contributed by atoms with van der Waals surface area (Å²) in [6.07, 6.45) is 1.91. The molecule has 6 heteroatoms. The van der Waals surface area contributed by atoms with Crippen LogP contribution >= 0.6 is 11.8 Å². The third kappa shape index (κ3) is 4.94. The van der Waals surface area contributed by atoms with Crippen LogP contribution in [0.1, 0.15) is 24.2 Å². The van der Waals surface area contributed by atoms with Crippen LogP contribution in [-0.4, -0.2) is 41.8 Å². The lowest BCUT2D eigenvalue weighted by molar-refractivity contribution is 0.0725. The van der Waals surface area contributed by atoms with Crippen molar-refractivity contribution in [3.8, 4) is 5.75 Å². The van der Waals surface area contributed by atoms with Gasteiger partial charge in [0.1, 0.15) is 5.75 Å². The van der Waals surface area contributed by atoms with E-state index in [2.05, 4.69) is 5.32 Å². The second-order valence-corrected chi connectivity index (χ2v) is 5.66.